The van der Waals surface area contributed by atoms with E-state index in [-0.39, 0.29) is 5.54 Å². The van der Waals surface area contributed by atoms with Crippen LogP contribution >= 0.6 is 0 Å². The van der Waals surface area contributed by atoms with Crippen LogP contribution in [-0.2, 0) is 6.42 Å². The predicted octanol–water partition coefficient (Wildman–Crippen LogP) is 2.51. The second-order valence-corrected chi connectivity index (χ2v) is 4.72. The zero-order chi connectivity index (χ0) is 10.9. The van der Waals surface area contributed by atoms with Crippen LogP contribution in [0.4, 0.5) is 0 Å². The molecule has 1 aromatic heterocycles. The first-order valence-corrected chi connectivity index (χ1v) is 5.16. The van der Waals surface area contributed by atoms with Crippen molar-refractivity contribution < 1.29 is 0 Å². The summed E-state index contributed by atoms with van der Waals surface area (Å²) in [7, 11) is 0. The summed E-state index contributed by atoms with van der Waals surface area (Å²) < 4.78 is 0. The summed E-state index contributed by atoms with van der Waals surface area (Å²) in [5.41, 5.74) is 7.11. The highest BCUT2D eigenvalue weighted by molar-refractivity contribution is 5.82. The molecular weight excluding hydrogens is 184 g/mol. The quantitative estimate of drug-likeness (QED) is 0.809. The Hall–Kier alpha value is -1.41. The molecule has 0 amide bonds. The molecule has 0 bridgehead atoms. The van der Waals surface area contributed by atoms with Crippen molar-refractivity contribution in [2.75, 3.05) is 0 Å². The first-order valence-electron chi connectivity index (χ1n) is 5.16. The zero-order valence-corrected chi connectivity index (χ0v) is 9.20. The van der Waals surface area contributed by atoms with E-state index in [9.17, 15) is 0 Å². The fourth-order valence-corrected chi connectivity index (χ4v) is 1.77. The Morgan fingerprint density at radius 3 is 2.73 bits per heavy atom. The van der Waals surface area contributed by atoms with E-state index in [1.54, 1.807) is 0 Å². The third kappa shape index (κ3) is 2.54. The van der Waals surface area contributed by atoms with E-state index < -0.39 is 0 Å². The van der Waals surface area contributed by atoms with Crippen molar-refractivity contribution in [1.29, 1.82) is 0 Å². The largest absolute Gasteiger partial charge is 0.325 e. The first-order chi connectivity index (χ1) is 7.04. The van der Waals surface area contributed by atoms with Gasteiger partial charge in [-0.2, -0.15) is 0 Å². The lowest BCUT2D eigenvalue weighted by molar-refractivity contribution is 0.517. The number of fused-ring (bicyclic) bond motifs is 1. The molecule has 0 aliphatic carbocycles. The van der Waals surface area contributed by atoms with Crippen LogP contribution in [-0.4, -0.2) is 10.5 Å². The maximum atomic E-state index is 6.00. The van der Waals surface area contributed by atoms with Gasteiger partial charge in [0, 0.05) is 23.3 Å². The number of hydrogen-bond acceptors (Lipinski definition) is 2. The number of hydrogen-bond donors (Lipinski definition) is 1. The summed E-state index contributed by atoms with van der Waals surface area (Å²) in [6.07, 6.45) is 4.59. The highest BCUT2D eigenvalue weighted by Crippen LogP contribution is 2.17. The Balaban J connectivity index is 2.39. The monoisotopic (exact) mass is 200 g/mol. The molecule has 0 spiro atoms. The van der Waals surface area contributed by atoms with E-state index >= 15 is 0 Å². The van der Waals surface area contributed by atoms with Crippen LogP contribution in [0.1, 0.15) is 19.4 Å². The van der Waals surface area contributed by atoms with Gasteiger partial charge in [0.2, 0.25) is 0 Å². The topological polar surface area (TPSA) is 38.9 Å². The van der Waals surface area contributed by atoms with Crippen molar-refractivity contribution in [1.82, 2.24) is 4.98 Å². The fourth-order valence-electron chi connectivity index (χ4n) is 1.77. The van der Waals surface area contributed by atoms with Gasteiger partial charge < -0.3 is 5.73 Å². The van der Waals surface area contributed by atoms with E-state index in [0.717, 1.165) is 6.42 Å². The molecular formula is C13H16N2. The molecule has 0 saturated carbocycles. The Kier molecular flexibility index (Phi) is 2.45. The summed E-state index contributed by atoms with van der Waals surface area (Å²) in [4.78, 5) is 4.12. The normalized spacial score (nSPS) is 11.9. The van der Waals surface area contributed by atoms with Gasteiger partial charge in [0.15, 0.2) is 0 Å². The second kappa shape index (κ2) is 3.63. The van der Waals surface area contributed by atoms with Crippen LogP contribution in [0.2, 0.25) is 0 Å². The molecule has 15 heavy (non-hydrogen) atoms. The average Bonchev–Trinajstić information content (AvgIpc) is 2.15. The molecule has 1 heterocycles. The molecule has 2 nitrogen and oxygen atoms in total. The third-order valence-electron chi connectivity index (χ3n) is 2.36. The van der Waals surface area contributed by atoms with E-state index in [4.69, 9.17) is 5.73 Å². The third-order valence-corrected chi connectivity index (χ3v) is 2.36. The maximum absolute atomic E-state index is 6.00. The Morgan fingerprint density at radius 2 is 2.00 bits per heavy atom. The first kappa shape index (κ1) is 10.1. The van der Waals surface area contributed by atoms with E-state index in [2.05, 4.69) is 23.2 Å². The van der Waals surface area contributed by atoms with Crippen LogP contribution in [0.25, 0.3) is 10.8 Å². The zero-order valence-electron chi connectivity index (χ0n) is 9.20. The Labute approximate surface area is 90.1 Å². The average molecular weight is 200 g/mol. The van der Waals surface area contributed by atoms with Crippen molar-refractivity contribution in [3.05, 3.63) is 42.2 Å². The molecule has 1 aromatic carbocycles. The molecule has 2 heteroatoms. The van der Waals surface area contributed by atoms with Crippen molar-refractivity contribution in [2.45, 2.75) is 25.8 Å². The van der Waals surface area contributed by atoms with E-state index in [0.29, 0.717) is 0 Å². The predicted molar refractivity (Wildman–Crippen MR) is 63.7 cm³/mol. The number of aromatic nitrogens is 1. The minimum absolute atomic E-state index is 0.157. The highest BCUT2D eigenvalue weighted by Gasteiger charge is 2.11. The SMILES string of the molecule is CC(C)(N)Cc1ccc2ccncc2c1. The number of nitrogens with zero attached hydrogens (tertiary/aromatic N) is 1. The molecule has 2 aromatic rings. The van der Waals surface area contributed by atoms with Gasteiger partial charge in [-0.3, -0.25) is 4.98 Å². The standard InChI is InChI=1S/C13H16N2/c1-13(2,14)8-10-3-4-11-5-6-15-9-12(11)7-10/h3-7,9H,8,14H2,1-2H3. The van der Waals surface area contributed by atoms with Crippen LogP contribution in [0.5, 0.6) is 0 Å². The Bertz CT molecular complexity index is 469. The molecule has 0 aliphatic heterocycles. The lowest BCUT2D eigenvalue weighted by Gasteiger charge is -2.18. The molecule has 2 N–H and O–H groups in total. The van der Waals surface area contributed by atoms with Gasteiger partial charge in [-0.05, 0) is 43.4 Å². The van der Waals surface area contributed by atoms with E-state index in [1.807, 2.05) is 32.3 Å². The van der Waals surface area contributed by atoms with Crippen molar-refractivity contribution in [3.8, 4) is 0 Å². The molecule has 2 rings (SSSR count). The fraction of sp³-hybridized carbons (Fsp3) is 0.308. The summed E-state index contributed by atoms with van der Waals surface area (Å²) >= 11 is 0. The van der Waals surface area contributed by atoms with Gasteiger partial charge in [0.1, 0.15) is 0 Å². The maximum Gasteiger partial charge on any atom is 0.0346 e. The molecule has 0 radical (unpaired) electrons. The molecule has 0 fully saturated rings. The van der Waals surface area contributed by atoms with Crippen molar-refractivity contribution in [3.63, 3.8) is 0 Å². The number of nitrogens with two attached hydrogens (primary N) is 1. The van der Waals surface area contributed by atoms with Crippen LogP contribution in [0.15, 0.2) is 36.7 Å². The smallest absolute Gasteiger partial charge is 0.0346 e. The molecule has 78 valence electrons. The van der Waals surface area contributed by atoms with Gasteiger partial charge in [-0.15, -0.1) is 0 Å². The lowest BCUT2D eigenvalue weighted by Crippen LogP contribution is -2.34. The van der Waals surface area contributed by atoms with Crippen molar-refractivity contribution >= 4 is 10.8 Å². The lowest BCUT2D eigenvalue weighted by atomic mass is 9.95. The number of rotatable bonds is 2. The number of pyridine rings is 1. The molecule has 0 atom stereocenters. The van der Waals surface area contributed by atoms with Gasteiger partial charge in [-0.1, -0.05) is 12.1 Å². The minimum atomic E-state index is -0.157. The summed E-state index contributed by atoms with van der Waals surface area (Å²) in [5, 5.41) is 2.41. The van der Waals surface area contributed by atoms with Gasteiger partial charge >= 0.3 is 0 Å². The highest BCUT2D eigenvalue weighted by atomic mass is 14.7. The summed E-state index contributed by atoms with van der Waals surface area (Å²) in [5.74, 6) is 0. The summed E-state index contributed by atoms with van der Waals surface area (Å²) in [6, 6.07) is 8.44. The van der Waals surface area contributed by atoms with E-state index in [1.165, 1.54) is 16.3 Å². The van der Waals surface area contributed by atoms with Gasteiger partial charge in [0.05, 0.1) is 0 Å². The Morgan fingerprint density at radius 1 is 1.20 bits per heavy atom. The molecule has 0 saturated heterocycles. The second-order valence-electron chi connectivity index (χ2n) is 4.72. The minimum Gasteiger partial charge on any atom is -0.325 e. The van der Waals surface area contributed by atoms with Gasteiger partial charge in [-0.25, -0.2) is 0 Å². The summed E-state index contributed by atoms with van der Waals surface area (Å²) in [6.45, 7) is 4.08. The van der Waals surface area contributed by atoms with Crippen molar-refractivity contribution in [2.24, 2.45) is 5.73 Å². The van der Waals surface area contributed by atoms with Crippen LogP contribution in [0.3, 0.4) is 0 Å². The van der Waals surface area contributed by atoms with Crippen LogP contribution < -0.4 is 5.73 Å². The van der Waals surface area contributed by atoms with Gasteiger partial charge in [0.25, 0.3) is 0 Å². The number of benzene rings is 1. The molecule has 0 aliphatic rings. The van der Waals surface area contributed by atoms with Crippen LogP contribution in [0, 0.1) is 0 Å². The molecule has 0 unspecified atom stereocenters.